The van der Waals surface area contributed by atoms with Crippen molar-refractivity contribution in [3.05, 3.63) is 24.3 Å². The number of aliphatic imine (C=N–C) groups is 1. The van der Waals surface area contributed by atoms with Gasteiger partial charge in [0, 0.05) is 12.8 Å². The molecule has 14 heavy (non-hydrogen) atoms. The molecule has 1 aromatic rings. The van der Waals surface area contributed by atoms with E-state index < -0.39 is 10.8 Å². The fraction of sp³-hybridized carbons (Fsp3) is 0.200. The van der Waals surface area contributed by atoms with Gasteiger partial charge in [0.1, 0.15) is 22.1 Å². The molecule has 0 aliphatic carbocycles. The molecule has 3 nitrogen and oxygen atoms in total. The third kappa shape index (κ3) is 1.53. The molecule has 0 bridgehead atoms. The number of hydrogen-bond donors (Lipinski definition) is 0. The van der Waals surface area contributed by atoms with Crippen LogP contribution in [-0.4, -0.2) is 15.5 Å². The van der Waals surface area contributed by atoms with Gasteiger partial charge in [0.15, 0.2) is 0 Å². The van der Waals surface area contributed by atoms with Crippen molar-refractivity contribution in [1.82, 2.24) is 0 Å². The second kappa shape index (κ2) is 3.84. The Balaban J connectivity index is 2.28. The second-order valence-electron chi connectivity index (χ2n) is 2.95. The lowest BCUT2D eigenvalue weighted by molar-refractivity contribution is -0.107. The van der Waals surface area contributed by atoms with Crippen LogP contribution in [0.2, 0.25) is 0 Å². The number of carbonyl (C=O) groups is 1. The van der Waals surface area contributed by atoms with Crippen molar-refractivity contribution in [3.63, 3.8) is 0 Å². The number of nitrogens with zero attached hydrogens (tertiary/aromatic N) is 1. The standard InChI is InChI=1S/C10H9NO2S/c12-7-3-6-10-11-8-4-1-2-5-9(8)14(10)13/h1-2,4-5,7H,3,6H2. The molecule has 72 valence electrons. The van der Waals surface area contributed by atoms with Gasteiger partial charge in [0.25, 0.3) is 0 Å². The minimum atomic E-state index is -1.15. The number of hydrogen-bond acceptors (Lipinski definition) is 3. The number of fused-ring (bicyclic) bond motifs is 1. The van der Waals surface area contributed by atoms with E-state index in [1.807, 2.05) is 24.3 Å². The van der Waals surface area contributed by atoms with Crippen LogP contribution >= 0.6 is 0 Å². The van der Waals surface area contributed by atoms with Gasteiger partial charge in [-0.2, -0.15) is 0 Å². The van der Waals surface area contributed by atoms with Crippen molar-refractivity contribution in [1.29, 1.82) is 0 Å². The fourth-order valence-electron chi connectivity index (χ4n) is 1.34. The topological polar surface area (TPSA) is 46.5 Å². The molecule has 4 heteroatoms. The summed E-state index contributed by atoms with van der Waals surface area (Å²) in [6.45, 7) is 0. The molecule has 0 spiro atoms. The van der Waals surface area contributed by atoms with E-state index >= 15 is 0 Å². The lowest BCUT2D eigenvalue weighted by Crippen LogP contribution is -2.02. The first kappa shape index (κ1) is 9.27. The Hall–Kier alpha value is -1.29. The molecule has 0 saturated heterocycles. The van der Waals surface area contributed by atoms with Gasteiger partial charge < -0.3 is 4.79 Å². The molecule has 0 radical (unpaired) electrons. The summed E-state index contributed by atoms with van der Waals surface area (Å²) in [7, 11) is -1.15. The molecule has 1 atom stereocenters. The summed E-state index contributed by atoms with van der Waals surface area (Å²) in [6.07, 6.45) is 1.70. The number of benzene rings is 1. The van der Waals surface area contributed by atoms with Crippen LogP contribution in [0.4, 0.5) is 5.69 Å². The SMILES string of the molecule is O=CCCC1=Nc2ccccc2S1=O. The van der Waals surface area contributed by atoms with Crippen LogP contribution in [0.3, 0.4) is 0 Å². The molecule has 0 amide bonds. The van der Waals surface area contributed by atoms with Crippen molar-refractivity contribution in [2.24, 2.45) is 4.99 Å². The van der Waals surface area contributed by atoms with Gasteiger partial charge >= 0.3 is 0 Å². The smallest absolute Gasteiger partial charge is 0.120 e. The van der Waals surface area contributed by atoms with Crippen LogP contribution in [0.15, 0.2) is 34.2 Å². The zero-order valence-corrected chi connectivity index (χ0v) is 8.29. The van der Waals surface area contributed by atoms with Crippen molar-refractivity contribution < 1.29 is 9.00 Å². The molecule has 0 saturated carbocycles. The summed E-state index contributed by atoms with van der Waals surface area (Å²) in [5, 5.41) is 0.610. The van der Waals surface area contributed by atoms with E-state index in [0.29, 0.717) is 17.9 Å². The van der Waals surface area contributed by atoms with Crippen molar-refractivity contribution in [3.8, 4) is 0 Å². The third-order valence-corrected chi connectivity index (χ3v) is 3.47. The van der Waals surface area contributed by atoms with Gasteiger partial charge in [-0.1, -0.05) is 12.1 Å². The highest BCUT2D eigenvalue weighted by atomic mass is 32.2. The third-order valence-electron chi connectivity index (χ3n) is 2.00. The van der Waals surface area contributed by atoms with Crippen LogP contribution in [-0.2, 0) is 15.6 Å². The van der Waals surface area contributed by atoms with Crippen LogP contribution in [0.25, 0.3) is 0 Å². The molecule has 2 rings (SSSR count). The van der Waals surface area contributed by atoms with E-state index in [2.05, 4.69) is 4.99 Å². The summed E-state index contributed by atoms with van der Waals surface area (Å²) in [6, 6.07) is 7.35. The summed E-state index contributed by atoms with van der Waals surface area (Å²) in [5.74, 6) is 0. The van der Waals surface area contributed by atoms with Crippen molar-refractivity contribution >= 4 is 27.8 Å². The Morgan fingerprint density at radius 3 is 2.86 bits per heavy atom. The average Bonchev–Trinajstić information content (AvgIpc) is 2.54. The lowest BCUT2D eigenvalue weighted by atomic mass is 10.3. The molecule has 1 aromatic carbocycles. The summed E-state index contributed by atoms with van der Waals surface area (Å²) in [5.41, 5.74) is 0.770. The molecular weight excluding hydrogens is 198 g/mol. The summed E-state index contributed by atoms with van der Waals surface area (Å²) >= 11 is 0. The highest BCUT2D eigenvalue weighted by molar-refractivity contribution is 8.01. The summed E-state index contributed by atoms with van der Waals surface area (Å²) in [4.78, 5) is 15.2. The van der Waals surface area contributed by atoms with Crippen LogP contribution in [0.5, 0.6) is 0 Å². The normalized spacial score (nSPS) is 18.9. The van der Waals surface area contributed by atoms with Gasteiger partial charge in [-0.15, -0.1) is 0 Å². The Bertz CT molecular complexity index is 426. The van der Waals surface area contributed by atoms with E-state index in [4.69, 9.17) is 0 Å². The number of aldehydes is 1. The highest BCUT2D eigenvalue weighted by Crippen LogP contribution is 2.30. The van der Waals surface area contributed by atoms with Gasteiger partial charge in [-0.25, -0.2) is 9.20 Å². The first-order chi connectivity index (χ1) is 6.83. The molecule has 1 unspecified atom stereocenters. The van der Waals surface area contributed by atoms with Gasteiger partial charge in [0.05, 0.1) is 10.6 Å². The lowest BCUT2D eigenvalue weighted by Gasteiger charge is -1.94. The molecule has 0 aromatic heterocycles. The zero-order chi connectivity index (χ0) is 9.97. The number of para-hydroxylation sites is 1. The molecule has 1 aliphatic heterocycles. The van der Waals surface area contributed by atoms with Crippen molar-refractivity contribution in [2.45, 2.75) is 17.7 Å². The van der Waals surface area contributed by atoms with Gasteiger partial charge in [0.2, 0.25) is 0 Å². The maximum Gasteiger partial charge on any atom is 0.120 e. The van der Waals surface area contributed by atoms with Gasteiger partial charge in [-0.05, 0) is 12.1 Å². The van der Waals surface area contributed by atoms with E-state index in [0.717, 1.165) is 16.9 Å². The Morgan fingerprint density at radius 1 is 1.36 bits per heavy atom. The second-order valence-corrected chi connectivity index (χ2v) is 4.40. The monoisotopic (exact) mass is 207 g/mol. The molecule has 0 fully saturated rings. The Labute approximate surface area is 84.3 Å². The largest absolute Gasteiger partial charge is 0.303 e. The quantitative estimate of drug-likeness (QED) is 0.710. The predicted octanol–water partition coefficient (Wildman–Crippen LogP) is 1.82. The Kier molecular flexibility index (Phi) is 2.54. The Morgan fingerprint density at radius 2 is 2.14 bits per heavy atom. The maximum absolute atomic E-state index is 11.8. The van der Waals surface area contributed by atoms with Crippen LogP contribution in [0, 0.1) is 0 Å². The number of rotatable bonds is 3. The van der Waals surface area contributed by atoms with E-state index in [1.54, 1.807) is 0 Å². The van der Waals surface area contributed by atoms with Gasteiger partial charge in [-0.3, -0.25) is 0 Å². The first-order valence-corrected chi connectivity index (χ1v) is 5.50. The van der Waals surface area contributed by atoms with Crippen LogP contribution in [0.1, 0.15) is 12.8 Å². The van der Waals surface area contributed by atoms with E-state index in [1.165, 1.54) is 0 Å². The minimum Gasteiger partial charge on any atom is -0.303 e. The summed E-state index contributed by atoms with van der Waals surface area (Å²) < 4.78 is 11.8. The molecule has 1 heterocycles. The zero-order valence-electron chi connectivity index (χ0n) is 7.47. The molecule has 1 aliphatic rings. The fourth-order valence-corrected chi connectivity index (χ4v) is 2.58. The number of carbonyl (C=O) groups excluding carboxylic acids is 1. The van der Waals surface area contributed by atoms with E-state index in [9.17, 15) is 9.00 Å². The molecular formula is C10H9NO2S. The van der Waals surface area contributed by atoms with E-state index in [-0.39, 0.29) is 0 Å². The van der Waals surface area contributed by atoms with Crippen LogP contribution < -0.4 is 0 Å². The average molecular weight is 207 g/mol. The van der Waals surface area contributed by atoms with Crippen molar-refractivity contribution in [2.75, 3.05) is 0 Å². The highest BCUT2D eigenvalue weighted by Gasteiger charge is 2.21. The first-order valence-electron chi connectivity index (χ1n) is 4.35. The minimum absolute atomic E-state index is 0.387. The maximum atomic E-state index is 11.8. The predicted molar refractivity (Wildman–Crippen MR) is 55.2 cm³/mol. The molecule has 0 N–H and O–H groups in total.